The van der Waals surface area contributed by atoms with E-state index in [1.807, 2.05) is 37.4 Å². The van der Waals surface area contributed by atoms with Crippen molar-refractivity contribution in [1.29, 1.82) is 0 Å². The molecule has 2 aromatic rings. The molecule has 0 unspecified atom stereocenters. The summed E-state index contributed by atoms with van der Waals surface area (Å²) in [7, 11) is 0. The Labute approximate surface area is 127 Å². The summed E-state index contributed by atoms with van der Waals surface area (Å²) in [5.74, 6) is -0.0488. The van der Waals surface area contributed by atoms with Gasteiger partial charge in [-0.2, -0.15) is 5.10 Å². The van der Waals surface area contributed by atoms with Gasteiger partial charge in [0.2, 0.25) is 5.91 Å². The number of nitrogens with zero attached hydrogens (tertiary/aromatic N) is 2. The Kier molecular flexibility index (Phi) is 4.95. The van der Waals surface area contributed by atoms with Crippen LogP contribution in [0.1, 0.15) is 31.9 Å². The summed E-state index contributed by atoms with van der Waals surface area (Å²) >= 11 is 3.35. The lowest BCUT2D eigenvalue weighted by Gasteiger charge is -2.15. The lowest BCUT2D eigenvalue weighted by molar-refractivity contribution is -0.119. The van der Waals surface area contributed by atoms with Crippen LogP contribution in [0.5, 0.6) is 0 Å². The van der Waals surface area contributed by atoms with E-state index in [4.69, 9.17) is 0 Å². The number of anilines is 1. The molecule has 1 heterocycles. The number of hydrogen-bond acceptors (Lipinski definition) is 2. The molecule has 0 fully saturated rings. The predicted molar refractivity (Wildman–Crippen MR) is 83.7 cm³/mol. The van der Waals surface area contributed by atoms with Crippen LogP contribution in [-0.4, -0.2) is 15.7 Å². The molecule has 0 bridgehead atoms. The highest BCUT2D eigenvalue weighted by atomic mass is 79.9. The van der Waals surface area contributed by atoms with Crippen LogP contribution in [0.3, 0.4) is 0 Å². The fraction of sp³-hybridized carbons (Fsp3) is 0.333. The zero-order valence-corrected chi connectivity index (χ0v) is 13.2. The number of amides is 1. The summed E-state index contributed by atoms with van der Waals surface area (Å²) in [4.78, 5) is 12.3. The molecule has 0 aliphatic heterocycles. The van der Waals surface area contributed by atoms with Gasteiger partial charge in [0.15, 0.2) is 0 Å². The monoisotopic (exact) mass is 335 g/mol. The minimum atomic E-state index is -0.299. The molecule has 0 aliphatic carbocycles. The molecule has 20 heavy (non-hydrogen) atoms. The number of aromatic nitrogens is 2. The van der Waals surface area contributed by atoms with Gasteiger partial charge in [0.05, 0.1) is 10.7 Å². The third-order valence-electron chi connectivity index (χ3n) is 3.21. The maximum Gasteiger partial charge on any atom is 0.249 e. The molecule has 4 nitrogen and oxygen atoms in total. The van der Waals surface area contributed by atoms with Crippen molar-refractivity contribution in [2.45, 2.75) is 32.7 Å². The Hall–Kier alpha value is -1.62. The molecule has 0 radical (unpaired) electrons. The summed E-state index contributed by atoms with van der Waals surface area (Å²) in [5.41, 5.74) is 2.07. The lowest BCUT2D eigenvalue weighted by atomic mass is 10.1. The van der Waals surface area contributed by atoms with Crippen LogP contribution < -0.4 is 5.32 Å². The number of hydrogen-bond donors (Lipinski definition) is 1. The third kappa shape index (κ3) is 3.48. The molecule has 1 atom stereocenters. The van der Waals surface area contributed by atoms with Gasteiger partial charge in [-0.1, -0.05) is 26.0 Å². The molecule has 1 N–H and O–H groups in total. The van der Waals surface area contributed by atoms with Crippen molar-refractivity contribution >= 4 is 27.5 Å². The molecule has 1 aromatic heterocycles. The van der Waals surface area contributed by atoms with E-state index in [9.17, 15) is 4.79 Å². The maximum atomic E-state index is 12.3. The summed E-state index contributed by atoms with van der Waals surface area (Å²) < 4.78 is 2.55. The molecule has 0 saturated carbocycles. The summed E-state index contributed by atoms with van der Waals surface area (Å²) in [6, 6.07) is 7.62. The van der Waals surface area contributed by atoms with Gasteiger partial charge in [-0.3, -0.25) is 9.48 Å². The van der Waals surface area contributed by atoms with Crippen molar-refractivity contribution in [2.75, 3.05) is 5.32 Å². The second-order valence-electron chi connectivity index (χ2n) is 4.60. The minimum Gasteiger partial charge on any atom is -0.324 e. The van der Waals surface area contributed by atoms with Crippen molar-refractivity contribution < 1.29 is 4.79 Å². The minimum absolute atomic E-state index is 0.0488. The van der Waals surface area contributed by atoms with Gasteiger partial charge in [-0.15, -0.1) is 0 Å². The van der Waals surface area contributed by atoms with Gasteiger partial charge in [0.1, 0.15) is 6.04 Å². The Morgan fingerprint density at radius 1 is 1.35 bits per heavy atom. The van der Waals surface area contributed by atoms with Gasteiger partial charge in [-0.25, -0.2) is 0 Å². The fourth-order valence-electron chi connectivity index (χ4n) is 2.03. The molecule has 0 spiro atoms. The third-order valence-corrected chi connectivity index (χ3v) is 3.62. The number of nitrogens with one attached hydrogen (secondary N) is 1. The molecule has 0 saturated heterocycles. The fourth-order valence-corrected chi connectivity index (χ4v) is 2.33. The SMILES string of the molecule is CCc1ccc(NC(=O)[C@H](CC)n2cc(Br)cn2)cc1. The van der Waals surface area contributed by atoms with Crippen LogP contribution in [0.2, 0.25) is 0 Å². The number of carbonyl (C=O) groups is 1. The van der Waals surface area contributed by atoms with Crippen LogP contribution in [0.4, 0.5) is 5.69 Å². The molecule has 5 heteroatoms. The Balaban J connectivity index is 2.08. The molecule has 2 rings (SSSR count). The van der Waals surface area contributed by atoms with Gasteiger partial charge >= 0.3 is 0 Å². The zero-order chi connectivity index (χ0) is 14.5. The van der Waals surface area contributed by atoms with Gasteiger partial charge in [0, 0.05) is 11.9 Å². The summed E-state index contributed by atoms with van der Waals surface area (Å²) in [6.45, 7) is 4.08. The van der Waals surface area contributed by atoms with Gasteiger partial charge < -0.3 is 5.32 Å². The molecular weight excluding hydrogens is 318 g/mol. The van der Waals surface area contributed by atoms with Gasteiger partial charge in [0.25, 0.3) is 0 Å². The van der Waals surface area contributed by atoms with Crippen molar-refractivity contribution in [3.8, 4) is 0 Å². The van der Waals surface area contributed by atoms with E-state index in [0.29, 0.717) is 6.42 Å². The van der Waals surface area contributed by atoms with Crippen LogP contribution in [0.25, 0.3) is 0 Å². The quantitative estimate of drug-likeness (QED) is 0.903. The topological polar surface area (TPSA) is 46.9 Å². The molecule has 106 valence electrons. The average Bonchev–Trinajstić information content (AvgIpc) is 2.87. The van der Waals surface area contributed by atoms with E-state index >= 15 is 0 Å². The Morgan fingerprint density at radius 3 is 2.55 bits per heavy atom. The molecule has 1 amide bonds. The second kappa shape index (κ2) is 6.70. The predicted octanol–water partition coefficient (Wildman–Crippen LogP) is 3.80. The van der Waals surface area contributed by atoms with Crippen LogP contribution in [0, 0.1) is 0 Å². The van der Waals surface area contributed by atoms with E-state index in [2.05, 4.69) is 33.3 Å². The lowest BCUT2D eigenvalue weighted by Crippen LogP contribution is -2.25. The van der Waals surface area contributed by atoms with Crippen LogP contribution in [0.15, 0.2) is 41.1 Å². The standard InChI is InChI=1S/C15H18BrN3O/c1-3-11-5-7-13(8-6-11)18-15(20)14(4-2)19-10-12(16)9-17-19/h5-10,14H,3-4H2,1-2H3,(H,18,20)/t14-/m0/s1. The summed E-state index contributed by atoms with van der Waals surface area (Å²) in [6.07, 6.45) is 5.18. The number of rotatable bonds is 5. The van der Waals surface area contributed by atoms with Crippen molar-refractivity contribution in [1.82, 2.24) is 9.78 Å². The van der Waals surface area contributed by atoms with E-state index in [0.717, 1.165) is 16.6 Å². The highest BCUT2D eigenvalue weighted by Crippen LogP contribution is 2.18. The Bertz CT molecular complexity index is 577. The first-order valence-corrected chi connectivity index (χ1v) is 7.52. The van der Waals surface area contributed by atoms with E-state index in [1.54, 1.807) is 10.9 Å². The normalized spacial score (nSPS) is 12.2. The average molecular weight is 336 g/mol. The smallest absolute Gasteiger partial charge is 0.249 e. The van der Waals surface area contributed by atoms with Crippen molar-refractivity contribution in [3.63, 3.8) is 0 Å². The first-order valence-electron chi connectivity index (χ1n) is 6.73. The number of aryl methyl sites for hydroxylation is 1. The van der Waals surface area contributed by atoms with E-state index in [1.165, 1.54) is 5.56 Å². The number of benzene rings is 1. The van der Waals surface area contributed by atoms with Crippen LogP contribution in [-0.2, 0) is 11.2 Å². The Morgan fingerprint density at radius 2 is 2.05 bits per heavy atom. The molecule has 0 aliphatic rings. The number of halogens is 1. The first-order chi connectivity index (χ1) is 9.63. The molecule has 1 aromatic carbocycles. The highest BCUT2D eigenvalue weighted by molar-refractivity contribution is 9.10. The largest absolute Gasteiger partial charge is 0.324 e. The van der Waals surface area contributed by atoms with E-state index in [-0.39, 0.29) is 11.9 Å². The van der Waals surface area contributed by atoms with E-state index < -0.39 is 0 Å². The second-order valence-corrected chi connectivity index (χ2v) is 5.52. The highest BCUT2D eigenvalue weighted by Gasteiger charge is 2.19. The maximum absolute atomic E-state index is 12.3. The first kappa shape index (κ1) is 14.8. The summed E-state index contributed by atoms with van der Waals surface area (Å²) in [5, 5.41) is 7.12. The molecular formula is C15H18BrN3O. The van der Waals surface area contributed by atoms with Crippen molar-refractivity contribution in [2.24, 2.45) is 0 Å². The number of carbonyl (C=O) groups excluding carboxylic acids is 1. The van der Waals surface area contributed by atoms with Crippen molar-refractivity contribution in [3.05, 3.63) is 46.7 Å². The van der Waals surface area contributed by atoms with Gasteiger partial charge in [-0.05, 0) is 46.5 Å². The zero-order valence-electron chi connectivity index (χ0n) is 11.6. The van der Waals surface area contributed by atoms with Crippen LogP contribution >= 0.6 is 15.9 Å².